The van der Waals surface area contributed by atoms with E-state index in [0.29, 0.717) is 12.2 Å². The van der Waals surface area contributed by atoms with E-state index in [4.69, 9.17) is 9.47 Å². The van der Waals surface area contributed by atoms with Crippen LogP contribution >= 0.6 is 0 Å². The second-order valence-electron chi connectivity index (χ2n) is 4.89. The van der Waals surface area contributed by atoms with Crippen molar-refractivity contribution in [2.45, 2.75) is 13.5 Å². The molecule has 2 aromatic rings. The molecule has 2 amide bonds. The van der Waals surface area contributed by atoms with E-state index in [1.54, 1.807) is 25.1 Å². The smallest absolute Gasteiger partial charge is 0.313 e. The van der Waals surface area contributed by atoms with Gasteiger partial charge < -0.3 is 20.1 Å². The average Bonchev–Trinajstić information content (AvgIpc) is 2.62. The Morgan fingerprint density at radius 3 is 2.72 bits per heavy atom. The number of hydrogen-bond acceptors (Lipinski definition) is 5. The third-order valence-corrected chi connectivity index (χ3v) is 3.17. The van der Waals surface area contributed by atoms with E-state index < -0.39 is 17.6 Å². The maximum absolute atomic E-state index is 13.8. The topological polar surface area (TPSA) is 89.5 Å². The average molecular weight is 347 g/mol. The van der Waals surface area contributed by atoms with Crippen LogP contribution in [0.4, 0.5) is 10.1 Å². The lowest BCUT2D eigenvalue weighted by molar-refractivity contribution is -0.136. The molecule has 25 heavy (non-hydrogen) atoms. The minimum atomic E-state index is -0.877. The summed E-state index contributed by atoms with van der Waals surface area (Å²) in [5, 5.41) is 4.82. The summed E-state index contributed by atoms with van der Waals surface area (Å²) in [4.78, 5) is 27.7. The van der Waals surface area contributed by atoms with Crippen molar-refractivity contribution < 1.29 is 23.5 Å². The number of rotatable bonds is 6. The molecule has 1 aromatic carbocycles. The van der Waals surface area contributed by atoms with Gasteiger partial charge in [0.2, 0.25) is 5.88 Å². The van der Waals surface area contributed by atoms with Crippen LogP contribution in [-0.2, 0) is 16.1 Å². The Morgan fingerprint density at radius 2 is 2.04 bits per heavy atom. The van der Waals surface area contributed by atoms with Crippen LogP contribution in [0.15, 0.2) is 36.5 Å². The van der Waals surface area contributed by atoms with Crippen LogP contribution in [0.1, 0.15) is 12.5 Å². The molecule has 0 bridgehead atoms. The summed E-state index contributed by atoms with van der Waals surface area (Å²) in [6, 6.07) is 7.47. The van der Waals surface area contributed by atoms with Crippen molar-refractivity contribution in [1.29, 1.82) is 0 Å². The molecule has 0 atom stereocenters. The largest absolute Gasteiger partial charge is 0.491 e. The van der Waals surface area contributed by atoms with Gasteiger partial charge in [0.1, 0.15) is 5.69 Å². The minimum Gasteiger partial charge on any atom is -0.491 e. The highest BCUT2D eigenvalue weighted by atomic mass is 19.1. The van der Waals surface area contributed by atoms with Crippen LogP contribution in [0.25, 0.3) is 0 Å². The van der Waals surface area contributed by atoms with Gasteiger partial charge in [-0.05, 0) is 36.8 Å². The number of hydrogen-bond donors (Lipinski definition) is 2. The number of carbonyl (C=O) groups excluding carboxylic acids is 2. The molecule has 0 spiro atoms. The summed E-state index contributed by atoms with van der Waals surface area (Å²) in [6.45, 7) is 2.11. The van der Waals surface area contributed by atoms with Crippen molar-refractivity contribution in [3.05, 3.63) is 47.9 Å². The van der Waals surface area contributed by atoms with Crippen molar-refractivity contribution in [3.8, 4) is 11.6 Å². The molecule has 1 heterocycles. The second-order valence-corrected chi connectivity index (χ2v) is 4.89. The second kappa shape index (κ2) is 8.62. The number of benzene rings is 1. The molecule has 0 aliphatic rings. The predicted molar refractivity (Wildman–Crippen MR) is 88.8 cm³/mol. The van der Waals surface area contributed by atoms with Gasteiger partial charge in [0.05, 0.1) is 13.7 Å². The van der Waals surface area contributed by atoms with E-state index in [9.17, 15) is 14.0 Å². The quantitative estimate of drug-likeness (QED) is 0.779. The molecule has 2 rings (SSSR count). The number of aromatic nitrogens is 1. The van der Waals surface area contributed by atoms with Crippen molar-refractivity contribution in [2.24, 2.45) is 0 Å². The number of carbonyl (C=O) groups is 2. The fourth-order valence-electron chi connectivity index (χ4n) is 2.02. The van der Waals surface area contributed by atoms with Crippen LogP contribution < -0.4 is 20.1 Å². The SMILES string of the molecule is CCOc1ccc(CNC(=O)C(=O)Nc2cccnc2OC)cc1F. The van der Waals surface area contributed by atoms with Crippen molar-refractivity contribution in [3.63, 3.8) is 0 Å². The van der Waals surface area contributed by atoms with Crippen LogP contribution in [0.2, 0.25) is 0 Å². The van der Waals surface area contributed by atoms with Gasteiger partial charge in [0.25, 0.3) is 0 Å². The molecule has 8 heteroatoms. The van der Waals surface area contributed by atoms with Crippen molar-refractivity contribution in [2.75, 3.05) is 19.0 Å². The van der Waals surface area contributed by atoms with Gasteiger partial charge >= 0.3 is 11.8 Å². The zero-order valence-corrected chi connectivity index (χ0v) is 13.8. The summed E-state index contributed by atoms with van der Waals surface area (Å²) in [5.74, 6) is -1.94. The summed E-state index contributed by atoms with van der Waals surface area (Å²) in [5.41, 5.74) is 0.776. The molecule has 1 aromatic heterocycles. The zero-order valence-electron chi connectivity index (χ0n) is 13.8. The lowest BCUT2D eigenvalue weighted by atomic mass is 10.2. The third-order valence-electron chi connectivity index (χ3n) is 3.17. The van der Waals surface area contributed by atoms with Gasteiger partial charge in [-0.2, -0.15) is 0 Å². The number of nitrogens with one attached hydrogen (secondary N) is 2. The lowest BCUT2D eigenvalue weighted by Gasteiger charge is -2.10. The number of nitrogens with zero attached hydrogens (tertiary/aromatic N) is 1. The number of ether oxygens (including phenoxy) is 2. The molecule has 0 aliphatic carbocycles. The first-order valence-corrected chi connectivity index (χ1v) is 7.54. The van der Waals surface area contributed by atoms with E-state index in [0.717, 1.165) is 0 Å². The Labute approximate surface area is 144 Å². The van der Waals surface area contributed by atoms with E-state index in [1.807, 2.05) is 0 Å². The lowest BCUT2D eigenvalue weighted by Crippen LogP contribution is -2.35. The summed E-state index contributed by atoms with van der Waals surface area (Å²) >= 11 is 0. The van der Waals surface area contributed by atoms with Crippen LogP contribution in [-0.4, -0.2) is 30.5 Å². The standard InChI is InChI=1S/C17H18FN3O4/c1-3-25-14-7-6-11(9-12(14)18)10-20-15(22)16(23)21-13-5-4-8-19-17(13)24-2/h4-9H,3,10H2,1-2H3,(H,20,22)(H,21,23). The molecule has 0 fully saturated rings. The maximum atomic E-state index is 13.8. The van der Waals surface area contributed by atoms with Gasteiger partial charge in [-0.15, -0.1) is 0 Å². The molecular weight excluding hydrogens is 329 g/mol. The van der Waals surface area contributed by atoms with Crippen LogP contribution in [0, 0.1) is 5.82 Å². The fourth-order valence-corrected chi connectivity index (χ4v) is 2.02. The Morgan fingerprint density at radius 1 is 1.24 bits per heavy atom. The van der Waals surface area contributed by atoms with Gasteiger partial charge in [0, 0.05) is 12.7 Å². The van der Waals surface area contributed by atoms with E-state index in [1.165, 1.54) is 25.4 Å². The number of anilines is 1. The Hall–Kier alpha value is -3.16. The molecule has 0 unspecified atom stereocenters. The summed E-state index contributed by atoms with van der Waals surface area (Å²) < 4.78 is 23.8. The molecule has 0 radical (unpaired) electrons. The minimum absolute atomic E-state index is 0.000245. The Kier molecular flexibility index (Phi) is 6.27. The van der Waals surface area contributed by atoms with Gasteiger partial charge in [-0.1, -0.05) is 6.07 Å². The van der Waals surface area contributed by atoms with Gasteiger partial charge in [-0.3, -0.25) is 9.59 Å². The Balaban J connectivity index is 1.93. The van der Waals surface area contributed by atoms with Crippen molar-refractivity contribution >= 4 is 17.5 Å². The van der Waals surface area contributed by atoms with E-state index >= 15 is 0 Å². The molecule has 7 nitrogen and oxygen atoms in total. The Bertz CT molecular complexity index is 767. The molecule has 0 saturated heterocycles. The first-order chi connectivity index (χ1) is 12.0. The number of pyridine rings is 1. The monoisotopic (exact) mass is 347 g/mol. The van der Waals surface area contributed by atoms with Crippen LogP contribution in [0.3, 0.4) is 0 Å². The van der Waals surface area contributed by atoms with Crippen molar-refractivity contribution in [1.82, 2.24) is 10.3 Å². The van der Waals surface area contributed by atoms with Gasteiger partial charge in [-0.25, -0.2) is 9.37 Å². The number of amides is 2. The highest BCUT2D eigenvalue weighted by Gasteiger charge is 2.16. The maximum Gasteiger partial charge on any atom is 0.313 e. The highest BCUT2D eigenvalue weighted by Crippen LogP contribution is 2.20. The third kappa shape index (κ3) is 4.90. The fraction of sp³-hybridized carbons (Fsp3) is 0.235. The summed E-state index contributed by atoms with van der Waals surface area (Å²) in [6.07, 6.45) is 1.50. The first-order valence-electron chi connectivity index (χ1n) is 7.54. The molecule has 2 N–H and O–H groups in total. The zero-order chi connectivity index (χ0) is 18.2. The van der Waals surface area contributed by atoms with Crippen LogP contribution in [0.5, 0.6) is 11.6 Å². The normalized spacial score (nSPS) is 10.0. The molecule has 0 aliphatic heterocycles. The number of methoxy groups -OCH3 is 1. The molecular formula is C17H18FN3O4. The summed E-state index contributed by atoms with van der Waals surface area (Å²) in [7, 11) is 1.40. The van der Waals surface area contributed by atoms with Gasteiger partial charge in [0.15, 0.2) is 11.6 Å². The van der Waals surface area contributed by atoms with E-state index in [-0.39, 0.29) is 23.9 Å². The molecule has 0 saturated carbocycles. The predicted octanol–water partition coefficient (Wildman–Crippen LogP) is 1.88. The number of halogens is 1. The first kappa shape index (κ1) is 18.2. The van der Waals surface area contributed by atoms with E-state index in [2.05, 4.69) is 15.6 Å². The highest BCUT2D eigenvalue weighted by molar-refractivity contribution is 6.39. The molecule has 132 valence electrons.